The number of rotatable bonds is 8. The Labute approximate surface area is 249 Å². The number of aromatic nitrogens is 4. The number of benzene rings is 3. The lowest BCUT2D eigenvalue weighted by Gasteiger charge is -2.26. The second-order valence-electron chi connectivity index (χ2n) is 9.92. The molecule has 0 saturated carbocycles. The van der Waals surface area contributed by atoms with Crippen molar-refractivity contribution < 1.29 is 32.2 Å². The van der Waals surface area contributed by atoms with Crippen LogP contribution in [-0.4, -0.2) is 46.5 Å². The highest BCUT2D eigenvalue weighted by molar-refractivity contribution is 6.13. The van der Waals surface area contributed by atoms with Gasteiger partial charge >= 0.3 is 12.1 Å². The van der Waals surface area contributed by atoms with Gasteiger partial charge in [-0.1, -0.05) is 60.7 Å². The Morgan fingerprint density at radius 1 is 0.795 bits per heavy atom. The van der Waals surface area contributed by atoms with E-state index in [-0.39, 0.29) is 11.0 Å². The summed E-state index contributed by atoms with van der Waals surface area (Å²) in [5.41, 5.74) is 4.49. The van der Waals surface area contributed by atoms with Gasteiger partial charge in [0.05, 0.1) is 11.1 Å². The highest BCUT2D eigenvalue weighted by atomic mass is 19.4. The van der Waals surface area contributed by atoms with Gasteiger partial charge in [0.1, 0.15) is 12.2 Å². The Balaban J connectivity index is 1.72. The number of halogens is 3. The normalized spacial score (nSPS) is 13.2. The number of hydrogen-bond donors (Lipinski definition) is 1. The van der Waals surface area contributed by atoms with Gasteiger partial charge < -0.3 is 14.2 Å². The molecule has 0 spiro atoms. The smallest absolute Gasteiger partial charge is 0.398 e. The van der Waals surface area contributed by atoms with Crippen molar-refractivity contribution in [3.05, 3.63) is 120 Å². The number of fused-ring (bicyclic) bond motifs is 3. The Hall–Kier alpha value is -5.13. The lowest BCUT2D eigenvalue weighted by Crippen LogP contribution is -2.28. The monoisotopic (exact) mass is 598 g/mol. The molecule has 3 aromatic carbocycles. The standard InChI is InChI=1S/C33H25F3N4O4/c1-42-28(20-9-5-3-6-10-20)24-17-22-23(18-25(24)29(43-2)21-11-7-4-8-12-21)27(19-13-15-37-16-14-19)38-30-26(22)31(40-39-30)44-32(41)33(34,35)36/h3-18,28-29H,1-2H3,(H,38,39,40). The molecule has 0 fully saturated rings. The van der Waals surface area contributed by atoms with E-state index in [1.165, 1.54) is 0 Å². The van der Waals surface area contributed by atoms with Crippen LogP contribution in [0.3, 0.4) is 0 Å². The highest BCUT2D eigenvalue weighted by Crippen LogP contribution is 2.43. The molecule has 2 unspecified atom stereocenters. The van der Waals surface area contributed by atoms with Crippen molar-refractivity contribution in [1.82, 2.24) is 20.2 Å². The number of aromatic amines is 1. The fourth-order valence-corrected chi connectivity index (χ4v) is 5.39. The summed E-state index contributed by atoms with van der Waals surface area (Å²) < 4.78 is 56.5. The van der Waals surface area contributed by atoms with E-state index in [0.29, 0.717) is 27.6 Å². The van der Waals surface area contributed by atoms with Crippen LogP contribution in [0, 0.1) is 0 Å². The van der Waals surface area contributed by atoms with Crippen molar-refractivity contribution in [3.63, 3.8) is 0 Å². The molecule has 3 aromatic heterocycles. The number of alkyl halides is 3. The topological polar surface area (TPSA) is 99.2 Å². The van der Waals surface area contributed by atoms with Crippen molar-refractivity contribution in [2.24, 2.45) is 0 Å². The van der Waals surface area contributed by atoms with Gasteiger partial charge in [-0.05, 0) is 46.5 Å². The minimum Gasteiger partial charge on any atom is -0.398 e. The van der Waals surface area contributed by atoms with Crippen molar-refractivity contribution >= 4 is 27.8 Å². The Bertz CT molecular complexity index is 1930. The Morgan fingerprint density at radius 2 is 1.34 bits per heavy atom. The number of H-pyrrole nitrogens is 1. The van der Waals surface area contributed by atoms with Crippen LogP contribution in [0.5, 0.6) is 5.88 Å². The van der Waals surface area contributed by atoms with E-state index >= 15 is 0 Å². The molecule has 0 amide bonds. The fraction of sp³-hybridized carbons (Fsp3) is 0.152. The minimum atomic E-state index is -5.22. The van der Waals surface area contributed by atoms with Gasteiger partial charge in [-0.3, -0.25) is 10.1 Å². The molecule has 11 heteroatoms. The maximum atomic E-state index is 13.2. The highest BCUT2D eigenvalue weighted by Gasteiger charge is 2.42. The van der Waals surface area contributed by atoms with E-state index < -0.39 is 30.2 Å². The number of hydrogen-bond acceptors (Lipinski definition) is 7. The summed E-state index contributed by atoms with van der Waals surface area (Å²) >= 11 is 0. The third kappa shape index (κ3) is 5.38. The second kappa shape index (κ2) is 11.9. The van der Waals surface area contributed by atoms with Gasteiger partial charge in [-0.2, -0.15) is 13.2 Å². The summed E-state index contributed by atoms with van der Waals surface area (Å²) in [4.78, 5) is 20.7. The third-order valence-electron chi connectivity index (χ3n) is 7.30. The zero-order valence-corrected chi connectivity index (χ0v) is 23.5. The predicted octanol–water partition coefficient (Wildman–Crippen LogP) is 7.11. The van der Waals surface area contributed by atoms with Crippen LogP contribution in [0.15, 0.2) is 97.3 Å². The first kappa shape index (κ1) is 29.0. The summed E-state index contributed by atoms with van der Waals surface area (Å²) in [5, 5.41) is 7.67. The molecule has 2 atom stereocenters. The molecule has 222 valence electrons. The van der Waals surface area contributed by atoms with Crippen LogP contribution in [0.1, 0.15) is 34.5 Å². The number of carbonyl (C=O) groups excluding carboxylic acids is 1. The zero-order valence-electron chi connectivity index (χ0n) is 23.5. The van der Waals surface area contributed by atoms with E-state index in [4.69, 9.17) is 19.2 Å². The van der Waals surface area contributed by atoms with Crippen molar-refractivity contribution in [1.29, 1.82) is 0 Å². The van der Waals surface area contributed by atoms with E-state index in [0.717, 1.165) is 16.7 Å². The number of nitrogens with one attached hydrogen (secondary N) is 1. The summed E-state index contributed by atoms with van der Waals surface area (Å²) in [6, 6.07) is 26.4. The van der Waals surface area contributed by atoms with E-state index in [1.807, 2.05) is 72.8 Å². The molecule has 0 bridgehead atoms. The van der Waals surface area contributed by atoms with Crippen LogP contribution >= 0.6 is 0 Å². The molecule has 0 aliphatic rings. The Morgan fingerprint density at radius 3 is 1.86 bits per heavy atom. The van der Waals surface area contributed by atoms with Crippen molar-refractivity contribution in [2.45, 2.75) is 18.4 Å². The largest absolute Gasteiger partial charge is 0.491 e. The molecule has 6 aromatic rings. The van der Waals surface area contributed by atoms with Crippen molar-refractivity contribution in [2.75, 3.05) is 14.2 Å². The molecule has 8 nitrogen and oxygen atoms in total. The first-order valence-corrected chi connectivity index (χ1v) is 13.5. The van der Waals surface area contributed by atoms with Crippen LogP contribution in [0.25, 0.3) is 33.1 Å². The number of methoxy groups -OCH3 is 2. The molecule has 0 saturated heterocycles. The molecule has 1 N–H and O–H groups in total. The van der Waals surface area contributed by atoms with Gasteiger partial charge in [0.15, 0.2) is 5.65 Å². The summed E-state index contributed by atoms with van der Waals surface area (Å²) in [6.45, 7) is 0. The van der Waals surface area contributed by atoms with Crippen LogP contribution in [0.2, 0.25) is 0 Å². The quantitative estimate of drug-likeness (QED) is 0.186. The number of nitrogens with zero attached hydrogens (tertiary/aromatic N) is 3. The molecule has 3 heterocycles. The van der Waals surface area contributed by atoms with Gasteiger partial charge in [-0.15, -0.1) is 5.10 Å². The van der Waals surface area contributed by atoms with Crippen LogP contribution < -0.4 is 4.74 Å². The lowest BCUT2D eigenvalue weighted by atomic mass is 9.87. The lowest BCUT2D eigenvalue weighted by molar-refractivity contribution is -0.189. The molecule has 6 rings (SSSR count). The van der Waals surface area contributed by atoms with E-state index in [1.54, 1.807) is 38.7 Å². The number of pyridine rings is 2. The van der Waals surface area contributed by atoms with E-state index in [9.17, 15) is 18.0 Å². The van der Waals surface area contributed by atoms with Gasteiger partial charge in [0, 0.05) is 42.9 Å². The molecular weight excluding hydrogens is 573 g/mol. The van der Waals surface area contributed by atoms with Gasteiger partial charge in [0.2, 0.25) is 0 Å². The third-order valence-corrected chi connectivity index (χ3v) is 7.30. The average molecular weight is 599 g/mol. The number of esters is 1. The van der Waals surface area contributed by atoms with Crippen molar-refractivity contribution in [3.8, 4) is 17.1 Å². The molecule has 44 heavy (non-hydrogen) atoms. The molecule has 0 radical (unpaired) electrons. The zero-order chi connectivity index (χ0) is 30.8. The van der Waals surface area contributed by atoms with E-state index in [2.05, 4.69) is 15.2 Å². The molecule has 0 aliphatic heterocycles. The summed E-state index contributed by atoms with van der Waals surface area (Å²) in [7, 11) is 3.18. The Kier molecular flexibility index (Phi) is 7.81. The minimum absolute atomic E-state index is 0.111. The first-order chi connectivity index (χ1) is 21.3. The maximum Gasteiger partial charge on any atom is 0.491 e. The molecule has 0 aliphatic carbocycles. The van der Waals surface area contributed by atoms with Gasteiger partial charge in [0.25, 0.3) is 5.88 Å². The average Bonchev–Trinajstić information content (AvgIpc) is 3.45. The molecular formula is C33H25F3N4O4. The predicted molar refractivity (Wildman–Crippen MR) is 157 cm³/mol. The maximum absolute atomic E-state index is 13.2. The van der Waals surface area contributed by atoms with Crippen LogP contribution in [0.4, 0.5) is 13.2 Å². The van der Waals surface area contributed by atoms with Crippen LogP contribution in [-0.2, 0) is 14.3 Å². The number of carbonyl (C=O) groups is 1. The SMILES string of the molecule is COC(c1ccccc1)c1cc2c(-c3ccncc3)nc3[nH]nc(OC(=O)C(F)(F)F)c3c2cc1C(OC)c1ccccc1. The summed E-state index contributed by atoms with van der Waals surface area (Å²) in [6.07, 6.45) is -3.14. The van der Waals surface area contributed by atoms with Gasteiger partial charge in [-0.25, -0.2) is 9.78 Å². The second-order valence-corrected chi connectivity index (χ2v) is 9.92. The fourth-order valence-electron chi connectivity index (χ4n) is 5.39. The first-order valence-electron chi connectivity index (χ1n) is 13.5. The summed E-state index contributed by atoms with van der Waals surface area (Å²) in [5.74, 6) is -2.93. The number of ether oxygens (including phenoxy) is 3.